The van der Waals surface area contributed by atoms with Crippen molar-refractivity contribution < 1.29 is 9.53 Å². The minimum Gasteiger partial charge on any atom is -0.495 e. The number of para-hydroxylation sites is 2. The number of hydrogen-bond donors (Lipinski definition) is 1. The van der Waals surface area contributed by atoms with E-state index in [0.717, 1.165) is 21.9 Å². The van der Waals surface area contributed by atoms with Crippen molar-refractivity contribution in [2.45, 2.75) is 20.3 Å². The van der Waals surface area contributed by atoms with Crippen LogP contribution in [0.1, 0.15) is 16.8 Å². The van der Waals surface area contributed by atoms with Crippen LogP contribution in [0.15, 0.2) is 54.0 Å². The molecule has 5 nitrogen and oxygen atoms in total. The molecular weight excluding hydrogens is 370 g/mol. The molecule has 0 spiro atoms. The molecule has 0 saturated carbocycles. The van der Waals surface area contributed by atoms with Crippen LogP contribution in [0.4, 0.5) is 5.69 Å². The molecule has 4 aromatic rings. The smallest absolute Gasteiger partial charge is 0.230 e. The van der Waals surface area contributed by atoms with Crippen molar-refractivity contribution in [3.63, 3.8) is 0 Å². The molecule has 0 saturated heterocycles. The molecule has 1 amide bonds. The molecule has 2 aromatic carbocycles. The highest BCUT2D eigenvalue weighted by atomic mass is 32.1. The number of fused-ring (bicyclic) bond motifs is 1. The zero-order valence-corrected chi connectivity index (χ0v) is 16.8. The summed E-state index contributed by atoms with van der Waals surface area (Å²) >= 11 is 1.54. The van der Waals surface area contributed by atoms with Gasteiger partial charge in [-0.05, 0) is 43.2 Å². The predicted octanol–water partition coefficient (Wildman–Crippen LogP) is 4.87. The summed E-state index contributed by atoms with van der Waals surface area (Å²) in [5, 5.41) is 4.90. The van der Waals surface area contributed by atoms with Gasteiger partial charge in [-0.2, -0.15) is 0 Å². The Morgan fingerprint density at radius 3 is 2.79 bits per heavy atom. The number of nitrogens with zero attached hydrogens (tertiary/aromatic N) is 2. The van der Waals surface area contributed by atoms with Crippen LogP contribution in [0.2, 0.25) is 0 Å². The van der Waals surface area contributed by atoms with E-state index in [2.05, 4.69) is 37.4 Å². The normalized spacial score (nSPS) is 11.0. The molecular formula is C22H21N3O2S. The molecule has 0 aliphatic carbocycles. The molecule has 142 valence electrons. The Kier molecular flexibility index (Phi) is 4.88. The maximum atomic E-state index is 12.6. The van der Waals surface area contributed by atoms with E-state index in [9.17, 15) is 4.79 Å². The van der Waals surface area contributed by atoms with Crippen molar-refractivity contribution in [1.29, 1.82) is 0 Å². The van der Waals surface area contributed by atoms with E-state index < -0.39 is 0 Å². The Morgan fingerprint density at radius 1 is 1.18 bits per heavy atom. The summed E-state index contributed by atoms with van der Waals surface area (Å²) in [6, 6.07) is 13.7. The summed E-state index contributed by atoms with van der Waals surface area (Å²) in [6.45, 7) is 4.20. The predicted molar refractivity (Wildman–Crippen MR) is 113 cm³/mol. The van der Waals surface area contributed by atoms with Gasteiger partial charge in [-0.1, -0.05) is 24.3 Å². The number of aryl methyl sites for hydroxylation is 2. The third-order valence-electron chi connectivity index (χ3n) is 4.81. The van der Waals surface area contributed by atoms with Gasteiger partial charge >= 0.3 is 0 Å². The first-order chi connectivity index (χ1) is 13.5. The van der Waals surface area contributed by atoms with Gasteiger partial charge in [-0.3, -0.25) is 9.20 Å². The molecule has 4 rings (SSSR count). The SMILES string of the molecule is COc1ccccc1NC(=O)Cc1csc2nc(-c3ccc(C)c(C)c3)cn12. The number of thiazole rings is 1. The topological polar surface area (TPSA) is 55.6 Å². The molecule has 0 fully saturated rings. The molecule has 0 unspecified atom stereocenters. The second kappa shape index (κ2) is 7.48. The number of aromatic nitrogens is 2. The lowest BCUT2D eigenvalue weighted by Crippen LogP contribution is -2.15. The van der Waals surface area contributed by atoms with Crippen LogP contribution in [-0.2, 0) is 11.2 Å². The largest absolute Gasteiger partial charge is 0.495 e. The quantitative estimate of drug-likeness (QED) is 0.528. The van der Waals surface area contributed by atoms with E-state index in [1.54, 1.807) is 7.11 Å². The van der Waals surface area contributed by atoms with Crippen molar-refractivity contribution in [2.24, 2.45) is 0 Å². The van der Waals surface area contributed by atoms with E-state index >= 15 is 0 Å². The van der Waals surface area contributed by atoms with Crippen molar-refractivity contribution in [3.8, 4) is 17.0 Å². The average Bonchev–Trinajstić information content (AvgIpc) is 3.26. The molecule has 0 radical (unpaired) electrons. The number of hydrogen-bond acceptors (Lipinski definition) is 4. The van der Waals surface area contributed by atoms with Gasteiger partial charge in [0.05, 0.1) is 24.9 Å². The highest BCUT2D eigenvalue weighted by molar-refractivity contribution is 7.15. The monoisotopic (exact) mass is 391 g/mol. The fourth-order valence-electron chi connectivity index (χ4n) is 3.10. The van der Waals surface area contributed by atoms with Crippen LogP contribution < -0.4 is 10.1 Å². The lowest BCUT2D eigenvalue weighted by atomic mass is 10.0. The number of anilines is 1. The van der Waals surface area contributed by atoms with Crippen LogP contribution >= 0.6 is 11.3 Å². The maximum Gasteiger partial charge on any atom is 0.230 e. The lowest BCUT2D eigenvalue weighted by Gasteiger charge is -2.09. The zero-order valence-electron chi connectivity index (χ0n) is 16.0. The molecule has 0 atom stereocenters. The number of carbonyl (C=O) groups is 1. The number of ether oxygens (including phenoxy) is 1. The van der Waals surface area contributed by atoms with Gasteiger partial charge in [-0.25, -0.2) is 4.98 Å². The Morgan fingerprint density at radius 2 is 2.00 bits per heavy atom. The summed E-state index contributed by atoms with van der Waals surface area (Å²) < 4.78 is 7.29. The fraction of sp³-hybridized carbons (Fsp3) is 0.182. The molecule has 6 heteroatoms. The molecule has 1 N–H and O–H groups in total. The Balaban J connectivity index is 1.57. The van der Waals surface area contributed by atoms with Gasteiger partial charge in [0.15, 0.2) is 4.96 Å². The summed E-state index contributed by atoms with van der Waals surface area (Å²) in [5.41, 5.74) is 6.09. The van der Waals surface area contributed by atoms with Gasteiger partial charge in [0, 0.05) is 22.8 Å². The standard InChI is InChI=1S/C22H21N3O2S/c1-14-8-9-16(10-15(14)2)19-12-25-17(13-28-22(25)24-19)11-21(26)23-18-6-4-5-7-20(18)27-3/h4-10,12-13H,11H2,1-3H3,(H,23,26). The van der Waals surface area contributed by atoms with E-state index in [-0.39, 0.29) is 12.3 Å². The first kappa shape index (κ1) is 18.3. The van der Waals surface area contributed by atoms with Crippen molar-refractivity contribution >= 4 is 27.9 Å². The number of methoxy groups -OCH3 is 1. The highest BCUT2D eigenvalue weighted by Crippen LogP contribution is 2.26. The molecule has 2 heterocycles. The average molecular weight is 391 g/mol. The number of carbonyl (C=O) groups excluding carboxylic acids is 1. The van der Waals surface area contributed by atoms with Crippen LogP contribution in [0, 0.1) is 13.8 Å². The second-order valence-corrected chi connectivity index (χ2v) is 7.57. The fourth-order valence-corrected chi connectivity index (χ4v) is 3.98. The van der Waals surface area contributed by atoms with Crippen LogP contribution in [-0.4, -0.2) is 22.4 Å². The van der Waals surface area contributed by atoms with Crippen LogP contribution in [0.3, 0.4) is 0 Å². The molecule has 0 aliphatic rings. The van der Waals surface area contributed by atoms with Gasteiger partial charge in [0.1, 0.15) is 5.75 Å². The minimum absolute atomic E-state index is 0.0920. The lowest BCUT2D eigenvalue weighted by molar-refractivity contribution is -0.115. The third-order valence-corrected chi connectivity index (χ3v) is 5.70. The highest BCUT2D eigenvalue weighted by Gasteiger charge is 2.14. The molecule has 28 heavy (non-hydrogen) atoms. The van der Waals surface area contributed by atoms with Gasteiger partial charge in [-0.15, -0.1) is 11.3 Å². The van der Waals surface area contributed by atoms with E-state index in [0.29, 0.717) is 11.4 Å². The molecule has 0 aliphatic heterocycles. The second-order valence-electron chi connectivity index (χ2n) is 6.73. The van der Waals surface area contributed by atoms with Crippen LogP contribution in [0.5, 0.6) is 5.75 Å². The van der Waals surface area contributed by atoms with Gasteiger partial charge in [0.2, 0.25) is 5.91 Å². The van der Waals surface area contributed by atoms with E-state index in [1.807, 2.05) is 40.2 Å². The summed E-state index contributed by atoms with van der Waals surface area (Å²) in [7, 11) is 1.59. The zero-order chi connectivity index (χ0) is 19.7. The summed E-state index contributed by atoms with van der Waals surface area (Å²) in [6.07, 6.45) is 2.27. The minimum atomic E-state index is -0.0920. The first-order valence-corrected chi connectivity index (χ1v) is 9.89. The summed E-state index contributed by atoms with van der Waals surface area (Å²) in [5.74, 6) is 0.552. The van der Waals surface area contributed by atoms with Gasteiger partial charge in [0.25, 0.3) is 0 Å². The summed E-state index contributed by atoms with van der Waals surface area (Å²) in [4.78, 5) is 18.2. The maximum absolute atomic E-state index is 12.6. The van der Waals surface area contributed by atoms with E-state index in [4.69, 9.17) is 9.72 Å². The number of amides is 1. The Bertz CT molecular complexity index is 1160. The van der Waals surface area contributed by atoms with Crippen molar-refractivity contribution in [2.75, 3.05) is 12.4 Å². The Hall–Kier alpha value is -3.12. The van der Waals surface area contributed by atoms with Crippen molar-refractivity contribution in [1.82, 2.24) is 9.38 Å². The van der Waals surface area contributed by atoms with E-state index in [1.165, 1.54) is 22.5 Å². The third kappa shape index (κ3) is 3.51. The number of nitrogens with one attached hydrogen (secondary N) is 1. The first-order valence-electron chi connectivity index (χ1n) is 9.01. The van der Waals surface area contributed by atoms with Crippen molar-refractivity contribution in [3.05, 3.63) is 70.9 Å². The van der Waals surface area contributed by atoms with Crippen LogP contribution in [0.25, 0.3) is 16.2 Å². The number of benzene rings is 2. The van der Waals surface area contributed by atoms with Gasteiger partial charge < -0.3 is 10.1 Å². The number of imidazole rings is 1. The molecule has 0 bridgehead atoms. The molecule has 2 aromatic heterocycles. The Labute approximate surface area is 167 Å². The number of rotatable bonds is 5.